The van der Waals surface area contributed by atoms with Crippen molar-refractivity contribution in [2.24, 2.45) is 5.92 Å². The maximum Gasteiger partial charge on any atom is 0.244 e. The van der Waals surface area contributed by atoms with E-state index in [1.807, 2.05) is 13.1 Å². The van der Waals surface area contributed by atoms with Gasteiger partial charge in [0.1, 0.15) is 16.7 Å². The highest BCUT2D eigenvalue weighted by atomic mass is 32.2. The molecular formula is C13H18N4O2S. The Morgan fingerprint density at radius 1 is 1.55 bits per heavy atom. The number of hydrogen-bond donors (Lipinski definition) is 1. The lowest BCUT2D eigenvalue weighted by atomic mass is 10.00. The highest BCUT2D eigenvalue weighted by Crippen LogP contribution is 2.23. The quantitative estimate of drug-likeness (QED) is 0.877. The monoisotopic (exact) mass is 294 g/mol. The van der Waals surface area contributed by atoms with Gasteiger partial charge in [0.2, 0.25) is 10.0 Å². The molecule has 0 aliphatic carbocycles. The Hall–Kier alpha value is -1.49. The van der Waals surface area contributed by atoms with E-state index in [2.05, 4.69) is 10.3 Å². The molecule has 1 unspecified atom stereocenters. The summed E-state index contributed by atoms with van der Waals surface area (Å²) in [4.78, 5) is 3.99. The summed E-state index contributed by atoms with van der Waals surface area (Å²) in [6.07, 6.45) is 3.17. The van der Waals surface area contributed by atoms with E-state index in [0.29, 0.717) is 19.0 Å². The van der Waals surface area contributed by atoms with Crippen LogP contribution in [-0.2, 0) is 10.0 Å². The molecule has 0 amide bonds. The van der Waals surface area contributed by atoms with Crippen LogP contribution in [0.3, 0.4) is 0 Å². The van der Waals surface area contributed by atoms with Crippen molar-refractivity contribution >= 4 is 10.0 Å². The van der Waals surface area contributed by atoms with Crippen molar-refractivity contribution in [3.8, 4) is 6.07 Å². The third-order valence-corrected chi connectivity index (χ3v) is 5.31. The summed E-state index contributed by atoms with van der Waals surface area (Å²) in [5.41, 5.74) is 0.218. The zero-order chi connectivity index (χ0) is 14.6. The Morgan fingerprint density at radius 2 is 2.35 bits per heavy atom. The summed E-state index contributed by atoms with van der Waals surface area (Å²) >= 11 is 0. The molecule has 0 spiro atoms. The first-order valence-corrected chi connectivity index (χ1v) is 8.03. The molecule has 6 nitrogen and oxygen atoms in total. The van der Waals surface area contributed by atoms with Crippen LogP contribution in [0.25, 0.3) is 0 Å². The van der Waals surface area contributed by atoms with Gasteiger partial charge in [-0.25, -0.2) is 13.4 Å². The van der Waals surface area contributed by atoms with E-state index in [0.717, 1.165) is 19.4 Å². The second-order valence-corrected chi connectivity index (χ2v) is 6.86. The van der Waals surface area contributed by atoms with E-state index < -0.39 is 10.0 Å². The maximum absolute atomic E-state index is 12.5. The van der Waals surface area contributed by atoms with Crippen molar-refractivity contribution in [2.45, 2.75) is 17.7 Å². The molecule has 1 N–H and O–H groups in total. The van der Waals surface area contributed by atoms with Gasteiger partial charge in [0.15, 0.2) is 0 Å². The van der Waals surface area contributed by atoms with Gasteiger partial charge < -0.3 is 5.32 Å². The van der Waals surface area contributed by atoms with Gasteiger partial charge >= 0.3 is 0 Å². The molecule has 2 heterocycles. The summed E-state index contributed by atoms with van der Waals surface area (Å²) in [6.45, 7) is 1.89. The van der Waals surface area contributed by atoms with E-state index >= 15 is 0 Å². The van der Waals surface area contributed by atoms with Crippen LogP contribution in [0.15, 0.2) is 23.2 Å². The van der Waals surface area contributed by atoms with Crippen molar-refractivity contribution in [3.05, 3.63) is 24.0 Å². The van der Waals surface area contributed by atoms with Crippen LogP contribution in [0.2, 0.25) is 0 Å². The van der Waals surface area contributed by atoms with Gasteiger partial charge in [0.25, 0.3) is 0 Å². The Balaban J connectivity index is 2.18. The average Bonchev–Trinajstić information content (AvgIpc) is 2.48. The van der Waals surface area contributed by atoms with Crippen LogP contribution >= 0.6 is 0 Å². The van der Waals surface area contributed by atoms with E-state index in [1.54, 1.807) is 0 Å². The van der Waals surface area contributed by atoms with Crippen molar-refractivity contribution in [3.63, 3.8) is 0 Å². The largest absolute Gasteiger partial charge is 0.319 e. The lowest BCUT2D eigenvalue weighted by molar-refractivity contribution is 0.263. The molecular weight excluding hydrogens is 276 g/mol. The molecule has 0 aromatic carbocycles. The van der Waals surface area contributed by atoms with Gasteiger partial charge in [-0.2, -0.15) is 9.57 Å². The van der Waals surface area contributed by atoms with Crippen LogP contribution in [0.4, 0.5) is 0 Å². The van der Waals surface area contributed by atoms with Crippen molar-refractivity contribution in [2.75, 3.05) is 26.7 Å². The highest BCUT2D eigenvalue weighted by Gasteiger charge is 2.30. The van der Waals surface area contributed by atoms with Crippen LogP contribution in [0, 0.1) is 17.2 Å². The minimum atomic E-state index is -3.50. The maximum atomic E-state index is 12.5. The van der Waals surface area contributed by atoms with E-state index in [-0.39, 0.29) is 10.6 Å². The predicted molar refractivity (Wildman–Crippen MR) is 74.4 cm³/mol. The fourth-order valence-electron chi connectivity index (χ4n) is 2.45. The van der Waals surface area contributed by atoms with Crippen molar-refractivity contribution in [1.29, 1.82) is 5.26 Å². The van der Waals surface area contributed by atoms with Crippen molar-refractivity contribution in [1.82, 2.24) is 14.6 Å². The second-order valence-electron chi connectivity index (χ2n) is 4.92. The summed E-state index contributed by atoms with van der Waals surface area (Å²) in [5, 5.41) is 11.8. The lowest BCUT2D eigenvalue weighted by Gasteiger charge is -2.31. The van der Waals surface area contributed by atoms with Gasteiger partial charge in [-0.3, -0.25) is 0 Å². The molecule has 20 heavy (non-hydrogen) atoms. The topological polar surface area (TPSA) is 86.1 Å². The summed E-state index contributed by atoms with van der Waals surface area (Å²) < 4.78 is 26.6. The van der Waals surface area contributed by atoms with Gasteiger partial charge in [-0.05, 0) is 44.5 Å². The first kappa shape index (κ1) is 14.9. The average molecular weight is 294 g/mol. The molecule has 1 aromatic heterocycles. The third-order valence-electron chi connectivity index (χ3n) is 3.46. The Kier molecular flexibility index (Phi) is 4.70. The number of hydrogen-bond acceptors (Lipinski definition) is 5. The molecule has 1 atom stereocenters. The Labute approximate surface area is 119 Å². The third kappa shape index (κ3) is 3.15. The lowest BCUT2D eigenvalue weighted by Crippen LogP contribution is -2.42. The van der Waals surface area contributed by atoms with E-state index in [4.69, 9.17) is 5.26 Å². The Bertz CT molecular complexity index is 590. The Morgan fingerprint density at radius 3 is 2.95 bits per heavy atom. The van der Waals surface area contributed by atoms with Gasteiger partial charge in [-0.1, -0.05) is 0 Å². The highest BCUT2D eigenvalue weighted by molar-refractivity contribution is 7.89. The zero-order valence-corrected chi connectivity index (χ0v) is 12.2. The molecule has 2 rings (SSSR count). The number of nitrogens with one attached hydrogen (secondary N) is 1. The molecule has 1 fully saturated rings. The van der Waals surface area contributed by atoms with Gasteiger partial charge in [0, 0.05) is 19.3 Å². The number of nitrogens with zero attached hydrogens (tertiary/aromatic N) is 3. The number of pyridine rings is 1. The normalized spacial score (nSPS) is 20.5. The van der Waals surface area contributed by atoms with E-state index in [1.165, 1.54) is 22.6 Å². The minimum Gasteiger partial charge on any atom is -0.319 e. The first-order valence-electron chi connectivity index (χ1n) is 6.59. The summed E-state index contributed by atoms with van der Waals surface area (Å²) in [7, 11) is -1.63. The van der Waals surface area contributed by atoms with Crippen LogP contribution in [0.1, 0.15) is 18.5 Å². The van der Waals surface area contributed by atoms with Crippen LogP contribution in [0.5, 0.6) is 0 Å². The standard InChI is InChI=1S/C13H18N4O2S/c1-15-8-11-3-2-6-17(10-11)20(18,19)13-5-4-12(7-14)16-9-13/h4-5,9,11,15H,2-3,6,8,10H2,1H3. The summed E-state index contributed by atoms with van der Waals surface area (Å²) in [6, 6.07) is 4.76. The molecule has 0 bridgehead atoms. The fourth-order valence-corrected chi connectivity index (χ4v) is 3.95. The molecule has 108 valence electrons. The minimum absolute atomic E-state index is 0.154. The number of rotatable bonds is 4. The SMILES string of the molecule is CNCC1CCCN(S(=O)(=O)c2ccc(C#N)nc2)C1. The van der Waals surface area contributed by atoms with Crippen LogP contribution in [-0.4, -0.2) is 44.4 Å². The molecule has 7 heteroatoms. The molecule has 1 aromatic rings. The number of sulfonamides is 1. The molecule has 0 radical (unpaired) electrons. The molecule has 1 aliphatic rings. The zero-order valence-electron chi connectivity index (χ0n) is 11.4. The summed E-state index contributed by atoms with van der Waals surface area (Å²) in [5.74, 6) is 0.342. The number of piperidine rings is 1. The first-order chi connectivity index (χ1) is 9.57. The molecule has 0 saturated carbocycles. The predicted octanol–water partition coefficient (Wildman–Crippen LogP) is 0.573. The molecule has 1 aliphatic heterocycles. The number of aromatic nitrogens is 1. The van der Waals surface area contributed by atoms with Gasteiger partial charge in [-0.15, -0.1) is 0 Å². The van der Waals surface area contributed by atoms with Crippen LogP contribution < -0.4 is 5.32 Å². The fraction of sp³-hybridized carbons (Fsp3) is 0.538. The van der Waals surface area contributed by atoms with E-state index in [9.17, 15) is 8.42 Å². The van der Waals surface area contributed by atoms with Crippen molar-refractivity contribution < 1.29 is 8.42 Å². The smallest absolute Gasteiger partial charge is 0.244 e. The second kappa shape index (κ2) is 6.31. The number of nitriles is 1. The van der Waals surface area contributed by atoms with Gasteiger partial charge in [0.05, 0.1) is 0 Å². The molecule has 1 saturated heterocycles.